The highest BCUT2D eigenvalue weighted by Crippen LogP contribution is 2.22. The Morgan fingerprint density at radius 3 is 2.69 bits per heavy atom. The van der Waals surface area contributed by atoms with E-state index in [1.165, 1.54) is 0 Å². The van der Waals surface area contributed by atoms with Crippen LogP contribution in [0.25, 0.3) is 10.9 Å². The summed E-state index contributed by atoms with van der Waals surface area (Å²) >= 11 is 0. The lowest BCUT2D eigenvalue weighted by Gasteiger charge is -2.03. The fourth-order valence-electron chi connectivity index (χ4n) is 1.72. The van der Waals surface area contributed by atoms with Crippen molar-refractivity contribution in [1.29, 1.82) is 0 Å². The van der Waals surface area contributed by atoms with Crippen LogP contribution in [0.3, 0.4) is 0 Å². The largest absolute Gasteiger partial charge is 0.284 e. The summed E-state index contributed by atoms with van der Waals surface area (Å²) in [6, 6.07) is 5.37. The molecule has 0 aliphatic rings. The Balaban J connectivity index is 2.56. The molecule has 0 amide bonds. The number of rotatable bonds is 2. The molecule has 1 aromatic carbocycles. The Morgan fingerprint density at radius 2 is 2.06 bits per heavy atom. The first-order chi connectivity index (χ1) is 7.37. The van der Waals surface area contributed by atoms with Crippen LogP contribution in [0.4, 0.5) is 5.69 Å². The van der Waals surface area contributed by atoms with E-state index in [-0.39, 0.29) is 0 Å². The molecule has 2 aromatic rings. The Hall–Kier alpha value is -1.56. The van der Waals surface area contributed by atoms with E-state index >= 15 is 0 Å². The zero-order valence-electron chi connectivity index (χ0n) is 9.35. The quantitative estimate of drug-likeness (QED) is 0.858. The lowest BCUT2D eigenvalue weighted by molar-refractivity contribution is 0.607. The number of nitrogens with zero attached hydrogens (tertiary/aromatic N) is 2. The normalized spacial score (nSPS) is 11.9. The molecule has 1 heterocycles. The van der Waals surface area contributed by atoms with Gasteiger partial charge in [0, 0.05) is 18.1 Å². The van der Waals surface area contributed by atoms with Gasteiger partial charge in [-0.2, -0.15) is 5.10 Å². The third kappa shape index (κ3) is 2.01. The van der Waals surface area contributed by atoms with E-state index in [1.54, 1.807) is 16.8 Å². The van der Waals surface area contributed by atoms with E-state index in [1.807, 2.05) is 20.0 Å². The van der Waals surface area contributed by atoms with Crippen LogP contribution in [0, 0.1) is 6.92 Å². The monoisotopic (exact) mass is 239 g/mol. The number of aromatic nitrogens is 2. The van der Waals surface area contributed by atoms with Crippen LogP contribution >= 0.6 is 0 Å². The van der Waals surface area contributed by atoms with Crippen molar-refractivity contribution in [2.45, 2.75) is 6.92 Å². The molecular formula is C10H13N3O2S. The topological polar surface area (TPSA) is 64.0 Å². The van der Waals surface area contributed by atoms with Crippen molar-refractivity contribution < 1.29 is 8.42 Å². The Bertz CT molecular complexity index is 643. The summed E-state index contributed by atoms with van der Waals surface area (Å²) in [6.07, 6.45) is 1.13. The summed E-state index contributed by atoms with van der Waals surface area (Å²) in [5.74, 6) is 0. The first-order valence-electron chi connectivity index (χ1n) is 4.78. The van der Waals surface area contributed by atoms with Crippen molar-refractivity contribution in [3.63, 3.8) is 0 Å². The molecule has 0 aliphatic carbocycles. The molecule has 0 radical (unpaired) electrons. The van der Waals surface area contributed by atoms with E-state index in [0.29, 0.717) is 5.69 Å². The second-order valence-corrected chi connectivity index (χ2v) is 5.56. The predicted octanol–water partition coefficient (Wildman–Crippen LogP) is 1.25. The SMILES string of the molecule is Cc1nn(C)c2ccc(NS(C)(=O)=O)cc12. The number of hydrogen-bond acceptors (Lipinski definition) is 3. The summed E-state index contributed by atoms with van der Waals surface area (Å²) in [5.41, 5.74) is 2.43. The number of benzene rings is 1. The molecule has 1 N–H and O–H groups in total. The van der Waals surface area contributed by atoms with Crippen molar-refractivity contribution in [3.05, 3.63) is 23.9 Å². The van der Waals surface area contributed by atoms with Gasteiger partial charge in [-0.1, -0.05) is 0 Å². The van der Waals surface area contributed by atoms with E-state index in [2.05, 4.69) is 9.82 Å². The molecule has 0 unspecified atom stereocenters. The molecule has 0 saturated carbocycles. The number of nitrogens with one attached hydrogen (secondary N) is 1. The van der Waals surface area contributed by atoms with Crippen molar-refractivity contribution in [1.82, 2.24) is 9.78 Å². The van der Waals surface area contributed by atoms with Crippen molar-refractivity contribution in [3.8, 4) is 0 Å². The average Bonchev–Trinajstić information content (AvgIpc) is 2.40. The molecule has 1 aromatic heterocycles. The van der Waals surface area contributed by atoms with Crippen LogP contribution in [0.15, 0.2) is 18.2 Å². The minimum Gasteiger partial charge on any atom is -0.284 e. The van der Waals surface area contributed by atoms with Gasteiger partial charge in [-0.15, -0.1) is 0 Å². The lowest BCUT2D eigenvalue weighted by atomic mass is 10.2. The third-order valence-corrected chi connectivity index (χ3v) is 2.94. The molecule has 0 aliphatic heterocycles. The minimum absolute atomic E-state index is 0.561. The summed E-state index contributed by atoms with van der Waals surface area (Å²) in [6.45, 7) is 1.90. The molecule has 6 heteroatoms. The van der Waals surface area contributed by atoms with Gasteiger partial charge in [-0.05, 0) is 25.1 Å². The van der Waals surface area contributed by atoms with E-state index in [4.69, 9.17) is 0 Å². The number of anilines is 1. The molecule has 0 atom stereocenters. The van der Waals surface area contributed by atoms with Crippen LogP contribution in [0.2, 0.25) is 0 Å². The summed E-state index contributed by atoms with van der Waals surface area (Å²) in [5, 5.41) is 5.22. The van der Waals surface area contributed by atoms with Crippen molar-refractivity contribution in [2.75, 3.05) is 11.0 Å². The zero-order chi connectivity index (χ0) is 11.9. The zero-order valence-corrected chi connectivity index (χ0v) is 10.2. The van der Waals surface area contributed by atoms with Crippen molar-refractivity contribution in [2.24, 2.45) is 7.05 Å². The third-order valence-electron chi connectivity index (χ3n) is 2.34. The van der Waals surface area contributed by atoms with Crippen LogP contribution in [-0.2, 0) is 17.1 Å². The van der Waals surface area contributed by atoms with Gasteiger partial charge < -0.3 is 0 Å². The summed E-state index contributed by atoms with van der Waals surface area (Å²) < 4.78 is 26.4. The maximum absolute atomic E-state index is 11.1. The van der Waals surface area contributed by atoms with Gasteiger partial charge in [-0.25, -0.2) is 8.42 Å². The second kappa shape index (κ2) is 3.48. The van der Waals surface area contributed by atoms with Gasteiger partial charge >= 0.3 is 0 Å². The molecule has 16 heavy (non-hydrogen) atoms. The molecule has 2 rings (SSSR count). The van der Waals surface area contributed by atoms with Crippen LogP contribution in [0.1, 0.15) is 5.69 Å². The minimum atomic E-state index is -3.23. The fourth-order valence-corrected chi connectivity index (χ4v) is 2.27. The van der Waals surface area contributed by atoms with E-state index < -0.39 is 10.0 Å². The number of sulfonamides is 1. The maximum atomic E-state index is 11.1. The first-order valence-corrected chi connectivity index (χ1v) is 6.67. The number of fused-ring (bicyclic) bond motifs is 1. The smallest absolute Gasteiger partial charge is 0.229 e. The maximum Gasteiger partial charge on any atom is 0.229 e. The molecular weight excluding hydrogens is 226 g/mol. The molecule has 0 bridgehead atoms. The van der Waals surface area contributed by atoms with Crippen LogP contribution in [0.5, 0.6) is 0 Å². The molecule has 0 fully saturated rings. The van der Waals surface area contributed by atoms with Gasteiger partial charge in [0.1, 0.15) is 0 Å². The average molecular weight is 239 g/mol. The Kier molecular flexibility index (Phi) is 2.38. The second-order valence-electron chi connectivity index (χ2n) is 3.82. The number of hydrogen-bond donors (Lipinski definition) is 1. The fraction of sp³-hybridized carbons (Fsp3) is 0.300. The van der Waals surface area contributed by atoms with Gasteiger partial charge in [0.2, 0.25) is 10.0 Å². The van der Waals surface area contributed by atoms with Gasteiger partial charge in [0.25, 0.3) is 0 Å². The van der Waals surface area contributed by atoms with E-state index in [0.717, 1.165) is 22.9 Å². The predicted molar refractivity (Wildman–Crippen MR) is 63.9 cm³/mol. The molecule has 0 spiro atoms. The molecule has 86 valence electrons. The lowest BCUT2D eigenvalue weighted by Crippen LogP contribution is -2.09. The van der Waals surface area contributed by atoms with Crippen molar-refractivity contribution >= 4 is 26.6 Å². The van der Waals surface area contributed by atoms with Crippen LogP contribution in [-0.4, -0.2) is 24.5 Å². The Morgan fingerprint density at radius 1 is 1.38 bits per heavy atom. The highest BCUT2D eigenvalue weighted by molar-refractivity contribution is 7.92. The summed E-state index contributed by atoms with van der Waals surface area (Å²) in [7, 11) is -1.37. The first kappa shape index (κ1) is 10.9. The van der Waals surface area contributed by atoms with E-state index in [9.17, 15) is 8.42 Å². The highest BCUT2D eigenvalue weighted by Gasteiger charge is 2.07. The van der Waals surface area contributed by atoms with Crippen LogP contribution < -0.4 is 4.72 Å². The summed E-state index contributed by atoms with van der Waals surface area (Å²) in [4.78, 5) is 0. The van der Waals surface area contributed by atoms with Gasteiger partial charge in [0.05, 0.1) is 17.5 Å². The highest BCUT2D eigenvalue weighted by atomic mass is 32.2. The standard InChI is InChI=1S/C10H13N3O2S/c1-7-9-6-8(12-16(3,14)15)4-5-10(9)13(2)11-7/h4-6,12H,1-3H3. The molecule has 0 saturated heterocycles. The number of aryl methyl sites for hydroxylation is 2. The van der Waals surface area contributed by atoms with Gasteiger partial charge in [0.15, 0.2) is 0 Å². The molecule has 5 nitrogen and oxygen atoms in total. The Labute approximate surface area is 94.1 Å². The van der Waals surface area contributed by atoms with Gasteiger partial charge in [-0.3, -0.25) is 9.40 Å².